The van der Waals surface area contributed by atoms with Crippen LogP contribution in [0.1, 0.15) is 53.8 Å². The number of nitrogens with one attached hydrogen (secondary N) is 1. The summed E-state index contributed by atoms with van der Waals surface area (Å²) in [5.41, 5.74) is 0.799. The van der Waals surface area contributed by atoms with Crippen LogP contribution in [0.3, 0.4) is 0 Å². The van der Waals surface area contributed by atoms with Crippen LogP contribution in [0, 0.1) is 5.92 Å². The first-order valence-corrected chi connectivity index (χ1v) is 9.50. The highest BCUT2D eigenvalue weighted by Gasteiger charge is 2.48. The second-order valence-electron chi connectivity index (χ2n) is 7.84. The minimum Gasteiger partial charge on any atom is -0.334 e. The second kappa shape index (κ2) is 6.50. The number of benzene rings is 1. The molecule has 0 aromatic heterocycles. The zero-order valence-corrected chi connectivity index (χ0v) is 15.3. The summed E-state index contributed by atoms with van der Waals surface area (Å²) in [6, 6.07) is 6.45. The lowest BCUT2D eigenvalue weighted by atomic mass is 9.99. The normalized spacial score (nSPS) is 26.3. The van der Waals surface area contributed by atoms with Crippen molar-refractivity contribution in [1.29, 1.82) is 0 Å². The lowest BCUT2D eigenvalue weighted by Crippen LogP contribution is -2.56. The molecule has 6 heteroatoms. The Kier molecular flexibility index (Phi) is 4.31. The molecule has 2 saturated heterocycles. The molecule has 0 aliphatic carbocycles. The summed E-state index contributed by atoms with van der Waals surface area (Å²) >= 11 is 0. The molecule has 0 saturated carbocycles. The van der Waals surface area contributed by atoms with Gasteiger partial charge in [0.05, 0.1) is 11.1 Å². The van der Waals surface area contributed by atoms with Crippen LogP contribution in [0.4, 0.5) is 0 Å². The molecule has 2 fully saturated rings. The molecule has 1 aromatic carbocycles. The van der Waals surface area contributed by atoms with Gasteiger partial charge in [-0.05, 0) is 43.9 Å². The highest BCUT2D eigenvalue weighted by molar-refractivity contribution is 6.22. The number of carbonyl (C=O) groups excluding carboxylic acids is 3. The van der Waals surface area contributed by atoms with Crippen LogP contribution < -0.4 is 5.32 Å². The molecule has 3 atom stereocenters. The van der Waals surface area contributed by atoms with E-state index >= 15 is 0 Å². The van der Waals surface area contributed by atoms with Gasteiger partial charge in [-0.3, -0.25) is 19.3 Å². The molecule has 3 aliphatic rings. The fourth-order valence-corrected chi connectivity index (χ4v) is 4.65. The minimum absolute atomic E-state index is 0.0780. The molecule has 26 heavy (non-hydrogen) atoms. The first kappa shape index (κ1) is 17.2. The summed E-state index contributed by atoms with van der Waals surface area (Å²) in [6.45, 7) is 5.51. The van der Waals surface area contributed by atoms with E-state index in [-0.39, 0.29) is 35.7 Å². The largest absolute Gasteiger partial charge is 0.334 e. The molecule has 3 unspecified atom stereocenters. The number of fused-ring (bicyclic) bond motifs is 3. The van der Waals surface area contributed by atoms with E-state index in [4.69, 9.17) is 0 Å². The van der Waals surface area contributed by atoms with E-state index in [1.807, 2.05) is 18.7 Å². The Labute approximate surface area is 153 Å². The fourth-order valence-electron chi connectivity index (χ4n) is 4.65. The van der Waals surface area contributed by atoms with Gasteiger partial charge in [0.2, 0.25) is 5.91 Å². The van der Waals surface area contributed by atoms with Crippen LogP contribution in [0.25, 0.3) is 0 Å². The number of nitrogens with zero attached hydrogens (tertiary/aromatic N) is 2. The van der Waals surface area contributed by atoms with Crippen molar-refractivity contribution in [2.45, 2.75) is 51.2 Å². The zero-order valence-electron chi connectivity index (χ0n) is 15.3. The molecule has 4 rings (SSSR count). The van der Waals surface area contributed by atoms with Crippen LogP contribution >= 0.6 is 0 Å². The summed E-state index contributed by atoms with van der Waals surface area (Å²) in [7, 11) is 0. The van der Waals surface area contributed by atoms with Crippen molar-refractivity contribution in [3.63, 3.8) is 0 Å². The lowest BCUT2D eigenvalue weighted by Gasteiger charge is -2.36. The van der Waals surface area contributed by atoms with Crippen LogP contribution in [0.2, 0.25) is 0 Å². The van der Waals surface area contributed by atoms with E-state index in [2.05, 4.69) is 5.32 Å². The first-order valence-electron chi connectivity index (χ1n) is 9.50. The van der Waals surface area contributed by atoms with Gasteiger partial charge in [-0.2, -0.15) is 0 Å². The molecule has 0 spiro atoms. The van der Waals surface area contributed by atoms with Crippen molar-refractivity contribution in [1.82, 2.24) is 15.1 Å². The lowest BCUT2D eigenvalue weighted by molar-refractivity contribution is -0.139. The number of carbonyl (C=O) groups is 3. The molecule has 2 bridgehead atoms. The maximum absolute atomic E-state index is 13.5. The first-order chi connectivity index (χ1) is 12.5. The zero-order chi connectivity index (χ0) is 18.4. The van der Waals surface area contributed by atoms with Crippen molar-refractivity contribution < 1.29 is 14.4 Å². The van der Waals surface area contributed by atoms with Gasteiger partial charge in [-0.15, -0.1) is 0 Å². The van der Waals surface area contributed by atoms with E-state index in [1.165, 1.54) is 4.90 Å². The monoisotopic (exact) mass is 355 g/mol. The molecular formula is C20H25N3O3. The van der Waals surface area contributed by atoms with E-state index in [1.54, 1.807) is 24.3 Å². The van der Waals surface area contributed by atoms with Crippen LogP contribution in [-0.2, 0) is 4.79 Å². The molecule has 138 valence electrons. The van der Waals surface area contributed by atoms with Crippen molar-refractivity contribution in [3.8, 4) is 0 Å². The van der Waals surface area contributed by atoms with E-state index in [9.17, 15) is 14.4 Å². The molecular weight excluding hydrogens is 330 g/mol. The van der Waals surface area contributed by atoms with Gasteiger partial charge in [0.1, 0.15) is 6.04 Å². The Hall–Kier alpha value is -2.21. The van der Waals surface area contributed by atoms with Gasteiger partial charge in [0, 0.05) is 18.6 Å². The Morgan fingerprint density at radius 2 is 1.65 bits per heavy atom. The Balaban J connectivity index is 1.68. The summed E-state index contributed by atoms with van der Waals surface area (Å²) < 4.78 is 0. The van der Waals surface area contributed by atoms with Crippen LogP contribution in [-0.4, -0.2) is 58.7 Å². The van der Waals surface area contributed by atoms with Crippen LogP contribution in [0.5, 0.6) is 0 Å². The number of imide groups is 1. The molecule has 3 aliphatic heterocycles. The Morgan fingerprint density at radius 3 is 2.27 bits per heavy atom. The standard InChI is InChI=1S/C20H25N3O3/c1-12(2)17(20(26)22-13-7-8-14(22)11-21-10-9-13)23-18(24)15-5-3-4-6-16(15)19(23)25/h3-6,12-14,17,21H,7-11H2,1-2H3. The van der Waals surface area contributed by atoms with Gasteiger partial charge in [-0.1, -0.05) is 26.0 Å². The smallest absolute Gasteiger partial charge is 0.262 e. The maximum Gasteiger partial charge on any atom is 0.262 e. The quantitative estimate of drug-likeness (QED) is 0.837. The number of rotatable bonds is 3. The van der Waals surface area contributed by atoms with E-state index < -0.39 is 6.04 Å². The molecule has 1 aromatic rings. The average Bonchev–Trinajstić information content (AvgIpc) is 3.02. The highest BCUT2D eigenvalue weighted by Crippen LogP contribution is 2.33. The third-order valence-electron chi connectivity index (χ3n) is 5.90. The molecule has 3 heterocycles. The highest BCUT2D eigenvalue weighted by atomic mass is 16.2. The molecule has 3 amide bonds. The fraction of sp³-hybridized carbons (Fsp3) is 0.550. The Bertz CT molecular complexity index is 711. The molecule has 0 radical (unpaired) electrons. The third kappa shape index (κ3) is 2.55. The van der Waals surface area contributed by atoms with Gasteiger partial charge >= 0.3 is 0 Å². The summed E-state index contributed by atoms with van der Waals surface area (Å²) in [4.78, 5) is 42.5. The van der Waals surface area contributed by atoms with Gasteiger partial charge in [-0.25, -0.2) is 0 Å². The SMILES string of the molecule is CC(C)C(C(=O)N1C2CCNCC1CC2)N1C(=O)c2ccccc2C1=O. The number of hydrogen-bond acceptors (Lipinski definition) is 4. The summed E-state index contributed by atoms with van der Waals surface area (Å²) in [5, 5.41) is 3.39. The van der Waals surface area contributed by atoms with Crippen molar-refractivity contribution in [2.75, 3.05) is 13.1 Å². The maximum atomic E-state index is 13.5. The van der Waals surface area contributed by atoms with Crippen molar-refractivity contribution >= 4 is 17.7 Å². The van der Waals surface area contributed by atoms with Crippen LogP contribution in [0.15, 0.2) is 24.3 Å². The molecule has 6 nitrogen and oxygen atoms in total. The Morgan fingerprint density at radius 1 is 1.04 bits per heavy atom. The predicted molar refractivity (Wildman–Crippen MR) is 96.7 cm³/mol. The predicted octanol–water partition coefficient (Wildman–Crippen LogP) is 1.66. The summed E-state index contributed by atoms with van der Waals surface area (Å²) in [6.07, 6.45) is 2.91. The topological polar surface area (TPSA) is 69.7 Å². The number of hydrogen-bond donors (Lipinski definition) is 1. The van der Waals surface area contributed by atoms with Gasteiger partial charge in [0.25, 0.3) is 11.8 Å². The molecule has 1 N–H and O–H groups in total. The number of amides is 3. The van der Waals surface area contributed by atoms with E-state index in [0.29, 0.717) is 11.1 Å². The van der Waals surface area contributed by atoms with Crippen molar-refractivity contribution in [3.05, 3.63) is 35.4 Å². The van der Waals surface area contributed by atoms with E-state index in [0.717, 1.165) is 32.4 Å². The third-order valence-corrected chi connectivity index (χ3v) is 5.90. The van der Waals surface area contributed by atoms with Gasteiger partial charge in [0.15, 0.2) is 0 Å². The van der Waals surface area contributed by atoms with Crippen molar-refractivity contribution in [2.24, 2.45) is 5.92 Å². The summed E-state index contributed by atoms with van der Waals surface area (Å²) in [5.74, 6) is -0.915. The minimum atomic E-state index is -0.747. The average molecular weight is 355 g/mol. The second-order valence-corrected chi connectivity index (χ2v) is 7.84. The van der Waals surface area contributed by atoms with Gasteiger partial charge < -0.3 is 10.2 Å².